The van der Waals surface area contributed by atoms with Gasteiger partial charge >= 0.3 is 0 Å². The molecule has 0 spiro atoms. The van der Waals surface area contributed by atoms with Gasteiger partial charge in [-0.25, -0.2) is 14.4 Å². The summed E-state index contributed by atoms with van der Waals surface area (Å²) < 4.78 is 16.7. The summed E-state index contributed by atoms with van der Waals surface area (Å²) in [7, 11) is 1.59. The summed E-state index contributed by atoms with van der Waals surface area (Å²) in [5, 5.41) is 0.0255. The molecule has 7 heteroatoms. The molecular weight excluding hydrogens is 325 g/mol. The van der Waals surface area contributed by atoms with Gasteiger partial charge in [-0.1, -0.05) is 13.8 Å². The lowest BCUT2D eigenvalue weighted by molar-refractivity contribution is -0.865. The van der Waals surface area contributed by atoms with E-state index in [-0.39, 0.29) is 11.0 Å². The number of rotatable bonds is 3. The van der Waals surface area contributed by atoms with E-state index >= 15 is 0 Å². The Morgan fingerprint density at radius 2 is 2.18 bits per heavy atom. The van der Waals surface area contributed by atoms with Gasteiger partial charge in [0.05, 0.1) is 11.1 Å². The summed E-state index contributed by atoms with van der Waals surface area (Å²) in [4.78, 5) is 13.7. The van der Waals surface area contributed by atoms with E-state index in [9.17, 15) is 4.39 Å². The van der Waals surface area contributed by atoms with Crippen molar-refractivity contribution in [2.24, 2.45) is 0 Å². The Balaban J connectivity index is 2.28. The van der Waals surface area contributed by atoms with Crippen molar-refractivity contribution in [3.63, 3.8) is 0 Å². The molecule has 0 aliphatic carbocycles. The van der Waals surface area contributed by atoms with E-state index in [2.05, 4.69) is 23.8 Å². The summed E-state index contributed by atoms with van der Waals surface area (Å²) in [6.45, 7) is 4.24. The second-order valence-corrected chi connectivity index (χ2v) is 6.49. The molecule has 0 saturated carbocycles. The van der Waals surface area contributed by atoms with E-state index in [4.69, 9.17) is 16.4 Å². The Kier molecular flexibility index (Phi) is 3.97. The van der Waals surface area contributed by atoms with Gasteiger partial charge in [0.25, 0.3) is 5.52 Å². The molecule has 22 heavy (non-hydrogen) atoms. The molecular formula is C15H14ClFN3OS+. The molecule has 3 aromatic rings. The summed E-state index contributed by atoms with van der Waals surface area (Å²) >= 11 is 7.26. The van der Waals surface area contributed by atoms with Gasteiger partial charge in [0.15, 0.2) is 5.82 Å². The maximum Gasteiger partial charge on any atom is 0.276 e. The van der Waals surface area contributed by atoms with Gasteiger partial charge in [-0.05, 0) is 23.1 Å². The predicted molar refractivity (Wildman–Crippen MR) is 84.6 cm³/mol. The Hall–Kier alpha value is -1.79. The van der Waals surface area contributed by atoms with Crippen molar-refractivity contribution in [3.05, 3.63) is 41.2 Å². The smallest absolute Gasteiger partial charge is 0.274 e. The molecule has 0 saturated heterocycles. The quantitative estimate of drug-likeness (QED) is 0.541. The molecule has 0 aliphatic rings. The number of nitrogens with zero attached hydrogens (tertiary/aromatic N) is 3. The van der Waals surface area contributed by atoms with Crippen LogP contribution in [0.3, 0.4) is 0 Å². The summed E-state index contributed by atoms with van der Waals surface area (Å²) in [6, 6.07) is 3.87. The predicted octanol–water partition coefficient (Wildman–Crippen LogP) is 3.62. The van der Waals surface area contributed by atoms with Crippen LogP contribution in [0.1, 0.15) is 25.3 Å². The minimum atomic E-state index is -0.494. The van der Waals surface area contributed by atoms with E-state index in [1.165, 1.54) is 16.9 Å². The maximum absolute atomic E-state index is 14.0. The zero-order valence-electron chi connectivity index (χ0n) is 12.3. The van der Waals surface area contributed by atoms with Gasteiger partial charge in [-0.2, -0.15) is 0 Å². The Morgan fingerprint density at radius 1 is 1.41 bits per heavy atom. The van der Waals surface area contributed by atoms with Crippen molar-refractivity contribution in [1.82, 2.24) is 9.97 Å². The number of thiophene rings is 1. The van der Waals surface area contributed by atoms with E-state index in [1.807, 2.05) is 18.3 Å². The van der Waals surface area contributed by atoms with Crippen LogP contribution in [0, 0.1) is 5.82 Å². The molecule has 0 unspecified atom stereocenters. The molecule has 0 fully saturated rings. The maximum atomic E-state index is 14.0. The summed E-state index contributed by atoms with van der Waals surface area (Å²) in [6.07, 6.45) is 2.94. The Labute approximate surface area is 136 Å². The standard InChI is InChI=1S/C15H14ClFN3OS/c1-8(2)9-4-5-20(21-3)11-6-12(22-14(9)11)13-10(17)7-18-15(16)19-13/h4-8H,1-3H3/q+1. The van der Waals surface area contributed by atoms with E-state index in [0.29, 0.717) is 10.8 Å². The number of hydrogen-bond acceptors (Lipinski definition) is 4. The first-order valence-electron chi connectivity index (χ1n) is 6.72. The third-order valence-electron chi connectivity index (χ3n) is 3.37. The zero-order valence-corrected chi connectivity index (χ0v) is 13.9. The van der Waals surface area contributed by atoms with Crippen LogP contribution in [0.5, 0.6) is 0 Å². The van der Waals surface area contributed by atoms with Crippen molar-refractivity contribution >= 4 is 33.2 Å². The third-order valence-corrected chi connectivity index (χ3v) is 4.73. The molecule has 3 heterocycles. The fourth-order valence-corrected chi connectivity index (χ4v) is 3.74. The molecule has 114 valence electrons. The van der Waals surface area contributed by atoms with Crippen molar-refractivity contribution < 1.29 is 14.0 Å². The van der Waals surface area contributed by atoms with Gasteiger partial charge in [-0.3, -0.25) is 4.84 Å². The van der Waals surface area contributed by atoms with Crippen LogP contribution in [0.4, 0.5) is 4.39 Å². The lowest BCUT2D eigenvalue weighted by atomic mass is 10.0. The average Bonchev–Trinajstić information content (AvgIpc) is 2.93. The second kappa shape index (κ2) is 5.78. The molecule has 3 rings (SSSR count). The molecule has 0 N–H and O–H groups in total. The van der Waals surface area contributed by atoms with Crippen LogP contribution >= 0.6 is 22.9 Å². The molecule has 0 amide bonds. The molecule has 0 aliphatic heterocycles. The van der Waals surface area contributed by atoms with Crippen LogP contribution in [0.2, 0.25) is 5.28 Å². The van der Waals surface area contributed by atoms with Gasteiger partial charge in [0.1, 0.15) is 17.5 Å². The van der Waals surface area contributed by atoms with Crippen molar-refractivity contribution in [2.75, 3.05) is 7.11 Å². The SMILES string of the molecule is CO[n+]1ccc(C(C)C)c2sc(-c3nc(Cl)ncc3F)cc21. The first-order chi connectivity index (χ1) is 10.5. The van der Waals surface area contributed by atoms with Crippen molar-refractivity contribution in [3.8, 4) is 10.6 Å². The first-order valence-corrected chi connectivity index (χ1v) is 7.91. The largest absolute Gasteiger partial charge is 0.276 e. The minimum Gasteiger partial charge on any atom is -0.274 e. The highest BCUT2D eigenvalue weighted by molar-refractivity contribution is 7.22. The van der Waals surface area contributed by atoms with Crippen LogP contribution in [0.15, 0.2) is 24.5 Å². The molecule has 0 radical (unpaired) electrons. The average molecular weight is 339 g/mol. The van der Waals surface area contributed by atoms with Crippen LogP contribution in [-0.4, -0.2) is 17.1 Å². The Bertz CT molecular complexity index is 850. The molecule has 0 atom stereocenters. The summed E-state index contributed by atoms with van der Waals surface area (Å²) in [5.41, 5.74) is 2.27. The summed E-state index contributed by atoms with van der Waals surface area (Å²) in [5.74, 6) is -0.148. The van der Waals surface area contributed by atoms with Gasteiger partial charge in [0.2, 0.25) is 11.5 Å². The van der Waals surface area contributed by atoms with Crippen molar-refractivity contribution in [1.29, 1.82) is 0 Å². The van der Waals surface area contributed by atoms with Gasteiger partial charge < -0.3 is 0 Å². The highest BCUT2D eigenvalue weighted by Gasteiger charge is 2.22. The fraction of sp³-hybridized carbons (Fsp3) is 0.267. The lowest BCUT2D eigenvalue weighted by Crippen LogP contribution is -2.40. The van der Waals surface area contributed by atoms with E-state index < -0.39 is 5.82 Å². The lowest BCUT2D eigenvalue weighted by Gasteiger charge is -2.04. The van der Waals surface area contributed by atoms with E-state index in [1.54, 1.807) is 11.8 Å². The second-order valence-electron chi connectivity index (χ2n) is 5.09. The van der Waals surface area contributed by atoms with Crippen LogP contribution in [0.25, 0.3) is 20.8 Å². The highest BCUT2D eigenvalue weighted by atomic mass is 35.5. The number of halogens is 2. The van der Waals surface area contributed by atoms with E-state index in [0.717, 1.165) is 16.4 Å². The van der Waals surface area contributed by atoms with Gasteiger partial charge in [0, 0.05) is 16.9 Å². The zero-order chi connectivity index (χ0) is 15.9. The molecule has 4 nitrogen and oxygen atoms in total. The molecule has 0 aromatic carbocycles. The molecule has 0 bridgehead atoms. The number of aromatic nitrogens is 3. The monoisotopic (exact) mass is 338 g/mol. The topological polar surface area (TPSA) is 38.9 Å². The number of pyridine rings is 1. The van der Waals surface area contributed by atoms with Gasteiger partial charge in [-0.15, -0.1) is 11.3 Å². The fourth-order valence-electron chi connectivity index (χ4n) is 2.30. The normalized spacial score (nSPS) is 11.4. The molecule has 3 aromatic heterocycles. The van der Waals surface area contributed by atoms with Crippen LogP contribution < -0.4 is 9.57 Å². The Morgan fingerprint density at radius 3 is 2.86 bits per heavy atom. The minimum absolute atomic E-state index is 0.0255. The van der Waals surface area contributed by atoms with Crippen LogP contribution in [-0.2, 0) is 0 Å². The number of hydrogen-bond donors (Lipinski definition) is 0. The third kappa shape index (κ3) is 2.53. The van der Waals surface area contributed by atoms with Crippen molar-refractivity contribution in [2.45, 2.75) is 19.8 Å². The highest BCUT2D eigenvalue weighted by Crippen LogP contribution is 2.36. The number of fused-ring (bicyclic) bond motifs is 1. The first kappa shape index (κ1) is 15.1.